The van der Waals surface area contributed by atoms with Crippen LogP contribution in [-0.4, -0.2) is 61.9 Å². The monoisotopic (exact) mass is 698 g/mol. The number of nitrogens with zero attached hydrogens (tertiary/aromatic N) is 6. The van der Waals surface area contributed by atoms with E-state index in [1.165, 1.54) is 9.47 Å². The predicted octanol–water partition coefficient (Wildman–Crippen LogP) is 7.49. The standard InChI is InChI=1S/C34H34Cl2F2N6O4/c1-16(2)26-28(17(3)8-9-40-26)44-31-19(12-23(37)27(41-31)24-25(38)21(35)13-22(36)30(24)45)29(20(14-39)32(44)46)43-11-10-42(15-18(43)4)33(47)48-34(5,6)7/h8-9,12-13,16,18,45H,10-11,15H2,1-7H3/t18-/m0/s1. The van der Waals surface area contributed by atoms with E-state index in [0.29, 0.717) is 16.9 Å². The zero-order valence-electron chi connectivity index (χ0n) is 27.5. The zero-order chi connectivity index (χ0) is 35.4. The number of aryl methyl sites for hydroxylation is 1. The number of aromatic hydroxyl groups is 1. The number of benzene rings is 1. The van der Waals surface area contributed by atoms with Gasteiger partial charge in [-0.05, 0) is 64.3 Å². The Morgan fingerprint density at radius 2 is 1.85 bits per heavy atom. The van der Waals surface area contributed by atoms with Crippen LogP contribution < -0.4 is 10.5 Å². The first kappa shape index (κ1) is 34.9. The number of ether oxygens (including phenoxy) is 1. The van der Waals surface area contributed by atoms with Crippen molar-refractivity contribution in [3.8, 4) is 28.8 Å². The van der Waals surface area contributed by atoms with Gasteiger partial charge in [0.25, 0.3) is 5.56 Å². The molecule has 48 heavy (non-hydrogen) atoms. The second-order valence-electron chi connectivity index (χ2n) is 13.0. The number of rotatable bonds is 4. The van der Waals surface area contributed by atoms with Gasteiger partial charge in [-0.1, -0.05) is 37.0 Å². The first-order valence-electron chi connectivity index (χ1n) is 15.2. The normalized spacial score (nSPS) is 15.3. The van der Waals surface area contributed by atoms with Gasteiger partial charge < -0.3 is 19.6 Å². The van der Waals surface area contributed by atoms with Crippen LogP contribution in [0, 0.1) is 29.9 Å². The largest absolute Gasteiger partial charge is 0.506 e. The lowest BCUT2D eigenvalue weighted by atomic mass is 10.0. The van der Waals surface area contributed by atoms with Gasteiger partial charge in [-0.3, -0.25) is 14.3 Å². The van der Waals surface area contributed by atoms with Gasteiger partial charge >= 0.3 is 6.09 Å². The van der Waals surface area contributed by atoms with E-state index in [1.807, 2.05) is 19.9 Å². The van der Waals surface area contributed by atoms with Crippen LogP contribution in [0.15, 0.2) is 29.2 Å². The van der Waals surface area contributed by atoms with Crippen molar-refractivity contribution in [2.24, 2.45) is 0 Å². The maximum Gasteiger partial charge on any atom is 0.410 e. The highest BCUT2D eigenvalue weighted by Crippen LogP contribution is 2.43. The van der Waals surface area contributed by atoms with Gasteiger partial charge in [-0.2, -0.15) is 5.26 Å². The molecule has 1 fully saturated rings. The third kappa shape index (κ3) is 6.13. The number of hydrogen-bond donors (Lipinski definition) is 1. The van der Waals surface area contributed by atoms with Crippen LogP contribution in [0.25, 0.3) is 28.0 Å². The second-order valence-corrected chi connectivity index (χ2v) is 13.8. The molecule has 14 heteroatoms. The molecule has 3 aromatic heterocycles. The lowest BCUT2D eigenvalue weighted by molar-refractivity contribution is 0.0219. The smallest absolute Gasteiger partial charge is 0.410 e. The number of hydrogen-bond acceptors (Lipinski definition) is 8. The molecule has 0 bridgehead atoms. The summed E-state index contributed by atoms with van der Waals surface area (Å²) in [6.07, 6.45) is 1.08. The number of pyridine rings is 3. The molecule has 252 valence electrons. The van der Waals surface area contributed by atoms with Crippen molar-refractivity contribution in [3.05, 3.63) is 73.3 Å². The van der Waals surface area contributed by atoms with E-state index in [4.69, 9.17) is 27.9 Å². The number of amides is 1. The van der Waals surface area contributed by atoms with Gasteiger partial charge in [0.15, 0.2) is 17.3 Å². The average Bonchev–Trinajstić information content (AvgIpc) is 3.00. The van der Waals surface area contributed by atoms with Crippen molar-refractivity contribution >= 4 is 46.0 Å². The van der Waals surface area contributed by atoms with Gasteiger partial charge in [0.05, 0.1) is 32.7 Å². The first-order valence-corrected chi connectivity index (χ1v) is 16.0. The van der Waals surface area contributed by atoms with E-state index in [-0.39, 0.29) is 52.9 Å². The molecule has 10 nitrogen and oxygen atoms in total. The molecular weight excluding hydrogens is 665 g/mol. The fourth-order valence-electron chi connectivity index (χ4n) is 5.92. The fourth-order valence-corrected chi connectivity index (χ4v) is 6.38. The van der Waals surface area contributed by atoms with Crippen molar-refractivity contribution in [1.29, 1.82) is 5.26 Å². The molecule has 0 radical (unpaired) electrons. The molecule has 0 unspecified atom stereocenters. The number of anilines is 1. The fraction of sp³-hybridized carbons (Fsp3) is 0.382. The summed E-state index contributed by atoms with van der Waals surface area (Å²) in [4.78, 5) is 39.7. The summed E-state index contributed by atoms with van der Waals surface area (Å²) in [5.41, 5.74) is -1.69. The Bertz CT molecular complexity index is 2050. The van der Waals surface area contributed by atoms with E-state index in [0.717, 1.165) is 12.1 Å². The summed E-state index contributed by atoms with van der Waals surface area (Å²) >= 11 is 12.1. The average molecular weight is 700 g/mol. The third-order valence-electron chi connectivity index (χ3n) is 8.06. The SMILES string of the molecule is Cc1ccnc(C(C)C)c1-n1c(=O)c(C#N)c(N2CCN(C(=O)OC(C)(C)C)C[C@@H]2C)c2cc(F)c(-c3c(O)c(Cl)cc(Cl)c3F)nc21. The Hall–Kier alpha value is -4.47. The molecule has 1 aliphatic rings. The number of aromatic nitrogens is 3. The molecule has 1 amide bonds. The lowest BCUT2D eigenvalue weighted by Gasteiger charge is -2.42. The number of halogens is 4. The Kier molecular flexibility index (Phi) is 9.34. The summed E-state index contributed by atoms with van der Waals surface area (Å²) < 4.78 is 38.4. The number of phenolic OH excluding ortho intramolecular Hbond substituents is 1. The minimum Gasteiger partial charge on any atom is -0.506 e. The lowest BCUT2D eigenvalue weighted by Crippen LogP contribution is -2.55. The Labute approximate surface area is 286 Å². The summed E-state index contributed by atoms with van der Waals surface area (Å²) in [5.74, 6) is -3.22. The maximum absolute atomic E-state index is 16.3. The summed E-state index contributed by atoms with van der Waals surface area (Å²) in [6, 6.07) is 5.28. The number of nitriles is 1. The van der Waals surface area contributed by atoms with Crippen LogP contribution in [0.2, 0.25) is 10.0 Å². The molecule has 1 N–H and O–H groups in total. The first-order chi connectivity index (χ1) is 22.5. The number of phenols is 1. The van der Waals surface area contributed by atoms with Crippen LogP contribution in [-0.2, 0) is 4.74 Å². The van der Waals surface area contributed by atoms with Crippen LogP contribution in [0.4, 0.5) is 19.3 Å². The topological polar surface area (TPSA) is 125 Å². The van der Waals surface area contributed by atoms with Crippen LogP contribution >= 0.6 is 23.2 Å². The summed E-state index contributed by atoms with van der Waals surface area (Å²) in [6.45, 7) is 13.1. The molecule has 4 heterocycles. The molecule has 4 aromatic rings. The van der Waals surface area contributed by atoms with Crippen molar-refractivity contribution < 1.29 is 23.4 Å². The van der Waals surface area contributed by atoms with Crippen molar-refractivity contribution in [1.82, 2.24) is 19.4 Å². The molecule has 0 saturated carbocycles. The molecule has 5 rings (SSSR count). The highest BCUT2D eigenvalue weighted by atomic mass is 35.5. The maximum atomic E-state index is 16.3. The Morgan fingerprint density at radius 3 is 2.46 bits per heavy atom. The molecule has 0 aliphatic carbocycles. The predicted molar refractivity (Wildman–Crippen MR) is 180 cm³/mol. The molecule has 1 atom stereocenters. The van der Waals surface area contributed by atoms with Gasteiger partial charge in [-0.15, -0.1) is 0 Å². The number of carbonyl (C=O) groups excluding carboxylic acids is 1. The van der Waals surface area contributed by atoms with Crippen molar-refractivity contribution in [3.63, 3.8) is 0 Å². The zero-order valence-corrected chi connectivity index (χ0v) is 29.0. The minimum atomic E-state index is -1.17. The molecular formula is C34H34Cl2F2N6O4. The quantitative estimate of drug-likeness (QED) is 0.218. The van der Waals surface area contributed by atoms with E-state index >= 15 is 8.78 Å². The third-order valence-corrected chi connectivity index (χ3v) is 8.63. The summed E-state index contributed by atoms with van der Waals surface area (Å²) in [5, 5.41) is 20.5. The molecule has 1 aromatic carbocycles. The number of carbonyl (C=O) groups is 1. The minimum absolute atomic E-state index is 0.0657. The van der Waals surface area contributed by atoms with Gasteiger partial charge in [0, 0.05) is 37.3 Å². The van der Waals surface area contributed by atoms with Gasteiger partial charge in [0.2, 0.25) is 0 Å². The van der Waals surface area contributed by atoms with E-state index in [2.05, 4.69) is 9.97 Å². The highest BCUT2D eigenvalue weighted by Gasteiger charge is 2.35. The number of fused-ring (bicyclic) bond motifs is 1. The van der Waals surface area contributed by atoms with Crippen molar-refractivity contribution in [2.75, 3.05) is 24.5 Å². The molecule has 0 spiro atoms. The highest BCUT2D eigenvalue weighted by molar-refractivity contribution is 6.36. The van der Waals surface area contributed by atoms with Crippen LogP contribution in [0.1, 0.15) is 64.3 Å². The van der Waals surface area contributed by atoms with Crippen LogP contribution in [0.3, 0.4) is 0 Å². The Balaban J connectivity index is 1.85. The van der Waals surface area contributed by atoms with Gasteiger partial charge in [0.1, 0.15) is 28.7 Å². The molecule has 1 aliphatic heterocycles. The number of piperazine rings is 1. The summed E-state index contributed by atoms with van der Waals surface area (Å²) in [7, 11) is 0. The van der Waals surface area contributed by atoms with Crippen LogP contribution in [0.5, 0.6) is 5.75 Å². The molecule has 1 saturated heterocycles. The van der Waals surface area contributed by atoms with Crippen molar-refractivity contribution in [2.45, 2.75) is 66.0 Å². The Morgan fingerprint density at radius 1 is 1.17 bits per heavy atom. The van der Waals surface area contributed by atoms with Gasteiger partial charge in [-0.25, -0.2) is 18.6 Å². The van der Waals surface area contributed by atoms with E-state index in [1.54, 1.807) is 51.8 Å². The van der Waals surface area contributed by atoms with E-state index < -0.39 is 57.0 Å². The van der Waals surface area contributed by atoms with E-state index in [9.17, 15) is 20.0 Å². The second kappa shape index (κ2) is 12.9.